The molecule has 6 rings (SSSR count). The van der Waals surface area contributed by atoms with Crippen molar-refractivity contribution < 1.29 is 14.4 Å². The van der Waals surface area contributed by atoms with E-state index in [2.05, 4.69) is 39.0 Å². The quantitative estimate of drug-likeness (QED) is 0.469. The molecule has 1 atom stereocenters. The summed E-state index contributed by atoms with van der Waals surface area (Å²) in [6.45, 7) is 7.89. The summed E-state index contributed by atoms with van der Waals surface area (Å²) in [6.07, 6.45) is 3.03. The highest BCUT2D eigenvalue weighted by Crippen LogP contribution is 2.33. The van der Waals surface area contributed by atoms with E-state index in [-0.39, 0.29) is 17.7 Å². The summed E-state index contributed by atoms with van der Waals surface area (Å²) in [5, 5.41) is 0. The molecule has 9 heteroatoms. The van der Waals surface area contributed by atoms with Crippen molar-refractivity contribution in [2.45, 2.75) is 38.3 Å². The molecule has 3 amide bonds. The number of likely N-dealkylation sites (tertiary alicyclic amines) is 1. The lowest BCUT2D eigenvalue weighted by atomic mass is 9.95. The summed E-state index contributed by atoms with van der Waals surface area (Å²) in [5.41, 5.74) is 10.7. The van der Waals surface area contributed by atoms with Crippen LogP contribution in [0, 0.1) is 5.92 Å². The molecule has 2 aromatic rings. The lowest BCUT2D eigenvalue weighted by Gasteiger charge is -2.40. The van der Waals surface area contributed by atoms with Gasteiger partial charge in [0.1, 0.15) is 6.04 Å². The van der Waals surface area contributed by atoms with Crippen molar-refractivity contribution in [1.29, 1.82) is 0 Å². The van der Waals surface area contributed by atoms with Crippen molar-refractivity contribution >= 4 is 34.8 Å². The molecule has 4 aliphatic rings. The van der Waals surface area contributed by atoms with Crippen LogP contribution in [0.2, 0.25) is 0 Å². The zero-order chi connectivity index (χ0) is 27.1. The third-order valence-electron chi connectivity index (χ3n) is 9.04. The molecule has 4 heterocycles. The van der Waals surface area contributed by atoms with Gasteiger partial charge in [0.05, 0.1) is 0 Å². The van der Waals surface area contributed by atoms with Gasteiger partial charge in [0.15, 0.2) is 0 Å². The normalized spacial score (nSPS) is 23.1. The van der Waals surface area contributed by atoms with E-state index in [1.807, 2.05) is 18.2 Å². The van der Waals surface area contributed by atoms with E-state index < -0.39 is 6.04 Å². The van der Waals surface area contributed by atoms with Gasteiger partial charge >= 0.3 is 0 Å². The number of likely N-dealkylation sites (N-methyl/N-ethyl adjacent to an activating group) is 1. The van der Waals surface area contributed by atoms with Gasteiger partial charge in [0.2, 0.25) is 5.91 Å². The number of hydrogen-bond donors (Lipinski definition) is 1. The first-order valence-electron chi connectivity index (χ1n) is 14.2. The number of nitrogen functional groups attached to an aromatic ring is 1. The summed E-state index contributed by atoms with van der Waals surface area (Å²) < 4.78 is 0. The second-order valence-corrected chi connectivity index (χ2v) is 11.4. The maximum absolute atomic E-state index is 13.1. The van der Waals surface area contributed by atoms with Crippen molar-refractivity contribution in [3.8, 4) is 0 Å². The van der Waals surface area contributed by atoms with Crippen LogP contribution < -0.4 is 15.5 Å². The number of rotatable bonds is 5. The smallest absolute Gasteiger partial charge is 0.255 e. The first-order chi connectivity index (χ1) is 18.9. The van der Waals surface area contributed by atoms with Gasteiger partial charge in [-0.15, -0.1) is 0 Å². The molecular weight excluding hydrogens is 492 g/mol. The molecule has 0 aliphatic carbocycles. The number of nitrogens with two attached hydrogens (primary N) is 1. The average Bonchev–Trinajstić information content (AvgIpc) is 3.28. The zero-order valence-corrected chi connectivity index (χ0v) is 22.7. The lowest BCUT2D eigenvalue weighted by molar-refractivity contribution is -0.150. The Bertz CT molecular complexity index is 1250. The maximum Gasteiger partial charge on any atom is 0.255 e. The number of imide groups is 1. The minimum Gasteiger partial charge on any atom is -0.399 e. The Morgan fingerprint density at radius 1 is 0.821 bits per heavy atom. The van der Waals surface area contributed by atoms with Crippen LogP contribution in [-0.4, -0.2) is 91.3 Å². The van der Waals surface area contributed by atoms with E-state index in [0.717, 1.165) is 75.6 Å². The largest absolute Gasteiger partial charge is 0.399 e. The minimum atomic E-state index is -0.555. The topological polar surface area (TPSA) is 93.4 Å². The van der Waals surface area contributed by atoms with Crippen molar-refractivity contribution in [1.82, 2.24) is 14.7 Å². The summed E-state index contributed by atoms with van der Waals surface area (Å²) in [4.78, 5) is 48.0. The first kappa shape index (κ1) is 25.7. The van der Waals surface area contributed by atoms with Crippen LogP contribution in [0.15, 0.2) is 42.5 Å². The van der Waals surface area contributed by atoms with E-state index in [4.69, 9.17) is 5.73 Å². The van der Waals surface area contributed by atoms with Gasteiger partial charge in [-0.05, 0) is 73.2 Å². The Morgan fingerprint density at radius 2 is 1.49 bits per heavy atom. The van der Waals surface area contributed by atoms with Gasteiger partial charge in [-0.1, -0.05) is 0 Å². The standard InChI is InChI=1S/C30H38N6O3/c1-32-28(37)9-8-27(30(32)39)36-20-22-18-25(6-7-26(22)29(36)38)34-12-10-21(11-13-34)19-33-14-16-35(17-15-33)24-4-2-23(31)3-5-24/h2-7,18,21,27H,8-17,19-20,31H2,1H3. The Morgan fingerprint density at radius 3 is 2.21 bits per heavy atom. The molecule has 9 nitrogen and oxygen atoms in total. The third-order valence-corrected chi connectivity index (χ3v) is 9.04. The number of piperidine rings is 2. The zero-order valence-electron chi connectivity index (χ0n) is 22.7. The molecule has 4 aliphatic heterocycles. The molecular formula is C30H38N6O3. The molecule has 206 valence electrons. The number of carbonyl (C=O) groups is 3. The van der Waals surface area contributed by atoms with Crippen molar-refractivity contribution in [3.63, 3.8) is 0 Å². The highest BCUT2D eigenvalue weighted by Gasteiger charge is 2.41. The van der Waals surface area contributed by atoms with Gasteiger partial charge < -0.3 is 20.4 Å². The summed E-state index contributed by atoms with van der Waals surface area (Å²) in [6, 6.07) is 13.7. The molecule has 0 radical (unpaired) electrons. The molecule has 0 bridgehead atoms. The number of anilines is 3. The lowest BCUT2D eigenvalue weighted by Crippen LogP contribution is -2.53. The monoisotopic (exact) mass is 530 g/mol. The van der Waals surface area contributed by atoms with E-state index in [1.54, 1.807) is 4.90 Å². The SMILES string of the molecule is CN1C(=O)CCC(N2Cc3cc(N4CCC(CN5CCN(c6ccc(N)cc6)CC5)CC4)ccc3C2=O)C1=O. The maximum atomic E-state index is 13.1. The average molecular weight is 531 g/mol. The van der Waals surface area contributed by atoms with Crippen LogP contribution in [-0.2, 0) is 16.1 Å². The fourth-order valence-corrected chi connectivity index (χ4v) is 6.58. The molecule has 2 aromatic carbocycles. The van der Waals surface area contributed by atoms with E-state index in [9.17, 15) is 14.4 Å². The molecule has 0 spiro atoms. The minimum absolute atomic E-state index is 0.104. The Hall–Kier alpha value is -3.59. The predicted molar refractivity (Wildman–Crippen MR) is 152 cm³/mol. The summed E-state index contributed by atoms with van der Waals surface area (Å²) >= 11 is 0. The van der Waals surface area contributed by atoms with Crippen LogP contribution in [0.5, 0.6) is 0 Å². The van der Waals surface area contributed by atoms with Gasteiger partial charge in [-0.25, -0.2) is 0 Å². The van der Waals surface area contributed by atoms with Crippen molar-refractivity contribution in [2.24, 2.45) is 5.92 Å². The first-order valence-corrected chi connectivity index (χ1v) is 14.2. The van der Waals surface area contributed by atoms with Gasteiger partial charge in [0, 0.05) is 88.5 Å². The highest BCUT2D eigenvalue weighted by molar-refractivity contribution is 6.05. The molecule has 39 heavy (non-hydrogen) atoms. The van der Waals surface area contributed by atoms with Gasteiger partial charge in [0.25, 0.3) is 11.8 Å². The molecule has 1 unspecified atom stereocenters. The van der Waals surface area contributed by atoms with Crippen LogP contribution in [0.25, 0.3) is 0 Å². The number of nitrogens with zero attached hydrogens (tertiary/aromatic N) is 5. The fraction of sp³-hybridized carbons (Fsp3) is 0.500. The number of carbonyl (C=O) groups excluding carboxylic acids is 3. The molecule has 2 N–H and O–H groups in total. The number of fused-ring (bicyclic) bond motifs is 1. The van der Waals surface area contributed by atoms with E-state index in [1.165, 1.54) is 17.6 Å². The van der Waals surface area contributed by atoms with Crippen LogP contribution >= 0.6 is 0 Å². The van der Waals surface area contributed by atoms with E-state index in [0.29, 0.717) is 30.9 Å². The molecule has 0 aromatic heterocycles. The number of amides is 3. The predicted octanol–water partition coefficient (Wildman–Crippen LogP) is 2.41. The van der Waals surface area contributed by atoms with Gasteiger partial charge in [-0.2, -0.15) is 0 Å². The Balaban J connectivity index is 1.01. The number of benzene rings is 2. The summed E-state index contributed by atoms with van der Waals surface area (Å²) in [7, 11) is 1.51. The van der Waals surface area contributed by atoms with E-state index >= 15 is 0 Å². The molecule has 3 fully saturated rings. The molecule has 3 saturated heterocycles. The fourth-order valence-electron chi connectivity index (χ4n) is 6.58. The Kier molecular flexibility index (Phi) is 6.93. The second-order valence-electron chi connectivity index (χ2n) is 11.4. The number of hydrogen-bond acceptors (Lipinski definition) is 7. The number of piperazine rings is 1. The van der Waals surface area contributed by atoms with Crippen molar-refractivity contribution in [3.05, 3.63) is 53.6 Å². The highest BCUT2D eigenvalue weighted by atomic mass is 16.2. The summed E-state index contributed by atoms with van der Waals surface area (Å²) in [5.74, 6) is 0.147. The van der Waals surface area contributed by atoms with Crippen LogP contribution in [0.3, 0.4) is 0 Å². The van der Waals surface area contributed by atoms with Crippen LogP contribution in [0.4, 0.5) is 17.1 Å². The van der Waals surface area contributed by atoms with Gasteiger partial charge in [-0.3, -0.25) is 24.2 Å². The van der Waals surface area contributed by atoms with Crippen molar-refractivity contribution in [2.75, 3.05) is 68.4 Å². The Labute approximate surface area is 230 Å². The molecule has 0 saturated carbocycles. The third kappa shape index (κ3) is 5.07. The van der Waals surface area contributed by atoms with Crippen LogP contribution in [0.1, 0.15) is 41.6 Å². The second kappa shape index (κ2) is 10.5.